The second kappa shape index (κ2) is 6.48. The van der Waals surface area contributed by atoms with E-state index in [1.807, 2.05) is 12.1 Å². The Balaban J connectivity index is 1.99. The summed E-state index contributed by atoms with van der Waals surface area (Å²) in [6.07, 6.45) is 3.57. The Kier molecular flexibility index (Phi) is 4.69. The summed E-state index contributed by atoms with van der Waals surface area (Å²) in [5, 5.41) is 7.15. The molecule has 0 aliphatic carbocycles. The number of aryl methyl sites for hydroxylation is 2. The summed E-state index contributed by atoms with van der Waals surface area (Å²) in [7, 11) is 0. The zero-order chi connectivity index (χ0) is 14.5. The number of hydrogen-bond acceptors (Lipinski definition) is 2. The lowest BCUT2D eigenvalue weighted by Gasteiger charge is -2.18. The second-order valence-corrected chi connectivity index (χ2v) is 5.33. The van der Waals surface area contributed by atoms with Crippen molar-refractivity contribution in [3.8, 4) is 0 Å². The molecule has 4 heteroatoms. The van der Waals surface area contributed by atoms with E-state index in [1.165, 1.54) is 11.1 Å². The summed E-state index contributed by atoms with van der Waals surface area (Å²) in [6.45, 7) is 6.23. The number of thiocarbonyl (C=S) groups is 1. The lowest BCUT2D eigenvalue weighted by atomic mass is 10.1. The molecule has 104 valence electrons. The molecule has 0 bridgehead atoms. The van der Waals surface area contributed by atoms with E-state index in [1.54, 1.807) is 12.4 Å². The summed E-state index contributed by atoms with van der Waals surface area (Å²) in [5.41, 5.74) is 4.63. The van der Waals surface area contributed by atoms with Crippen LogP contribution in [-0.4, -0.2) is 10.1 Å². The van der Waals surface area contributed by atoms with Gasteiger partial charge in [-0.15, -0.1) is 0 Å². The van der Waals surface area contributed by atoms with Gasteiger partial charge < -0.3 is 10.6 Å². The SMILES string of the molecule is Cc1ccc(NC(=S)NC(C)c2ccncc2)c(C)c1. The molecule has 0 saturated heterocycles. The van der Waals surface area contributed by atoms with Gasteiger partial charge in [-0.3, -0.25) is 4.98 Å². The number of pyridine rings is 1. The van der Waals surface area contributed by atoms with E-state index < -0.39 is 0 Å². The third-order valence-corrected chi connectivity index (χ3v) is 3.40. The van der Waals surface area contributed by atoms with E-state index in [-0.39, 0.29) is 6.04 Å². The van der Waals surface area contributed by atoms with Gasteiger partial charge in [0.2, 0.25) is 0 Å². The average Bonchev–Trinajstić information content (AvgIpc) is 2.43. The van der Waals surface area contributed by atoms with Crippen LogP contribution in [0.5, 0.6) is 0 Å². The molecule has 1 aromatic carbocycles. The molecule has 0 fully saturated rings. The molecule has 2 rings (SSSR count). The predicted molar refractivity (Wildman–Crippen MR) is 87.9 cm³/mol. The van der Waals surface area contributed by atoms with E-state index in [2.05, 4.69) is 54.6 Å². The molecular weight excluding hydrogens is 266 g/mol. The molecule has 0 aliphatic heterocycles. The second-order valence-electron chi connectivity index (χ2n) is 4.92. The quantitative estimate of drug-likeness (QED) is 0.842. The van der Waals surface area contributed by atoms with Crippen LogP contribution in [0.2, 0.25) is 0 Å². The van der Waals surface area contributed by atoms with Gasteiger partial charge in [-0.05, 0) is 62.3 Å². The van der Waals surface area contributed by atoms with Crippen molar-refractivity contribution < 1.29 is 0 Å². The Labute approximate surface area is 125 Å². The Bertz CT molecular complexity index is 596. The Morgan fingerprint density at radius 1 is 1.15 bits per heavy atom. The van der Waals surface area contributed by atoms with E-state index >= 15 is 0 Å². The van der Waals surface area contributed by atoms with Gasteiger partial charge in [0, 0.05) is 18.1 Å². The maximum Gasteiger partial charge on any atom is 0.171 e. The van der Waals surface area contributed by atoms with Crippen LogP contribution in [0, 0.1) is 13.8 Å². The maximum absolute atomic E-state index is 5.37. The topological polar surface area (TPSA) is 37.0 Å². The first-order valence-electron chi connectivity index (χ1n) is 6.61. The summed E-state index contributed by atoms with van der Waals surface area (Å²) in [4.78, 5) is 4.02. The molecule has 0 aliphatic rings. The monoisotopic (exact) mass is 285 g/mol. The van der Waals surface area contributed by atoms with Gasteiger partial charge in [-0.1, -0.05) is 17.7 Å². The number of rotatable bonds is 3. The van der Waals surface area contributed by atoms with Gasteiger partial charge in [-0.2, -0.15) is 0 Å². The molecule has 0 radical (unpaired) electrons. The minimum Gasteiger partial charge on any atom is -0.356 e. The highest BCUT2D eigenvalue weighted by Crippen LogP contribution is 2.16. The smallest absolute Gasteiger partial charge is 0.171 e. The van der Waals surface area contributed by atoms with E-state index in [0.29, 0.717) is 5.11 Å². The number of nitrogens with one attached hydrogen (secondary N) is 2. The molecule has 1 aromatic heterocycles. The molecule has 1 heterocycles. The van der Waals surface area contributed by atoms with Crippen molar-refractivity contribution in [2.24, 2.45) is 0 Å². The van der Waals surface area contributed by atoms with Gasteiger partial charge in [-0.25, -0.2) is 0 Å². The highest BCUT2D eigenvalue weighted by molar-refractivity contribution is 7.80. The average molecular weight is 285 g/mol. The molecular formula is C16H19N3S. The van der Waals surface area contributed by atoms with Crippen molar-refractivity contribution in [2.45, 2.75) is 26.8 Å². The van der Waals surface area contributed by atoms with Crippen molar-refractivity contribution in [3.63, 3.8) is 0 Å². The number of anilines is 1. The van der Waals surface area contributed by atoms with Gasteiger partial charge in [0.15, 0.2) is 5.11 Å². The van der Waals surface area contributed by atoms with Crippen molar-refractivity contribution in [1.82, 2.24) is 10.3 Å². The lowest BCUT2D eigenvalue weighted by Crippen LogP contribution is -2.31. The number of aromatic nitrogens is 1. The van der Waals surface area contributed by atoms with E-state index in [0.717, 1.165) is 11.3 Å². The number of benzene rings is 1. The normalized spacial score (nSPS) is 11.8. The molecule has 0 amide bonds. The number of nitrogens with zero attached hydrogens (tertiary/aromatic N) is 1. The van der Waals surface area contributed by atoms with Crippen molar-refractivity contribution in [2.75, 3.05) is 5.32 Å². The van der Waals surface area contributed by atoms with Gasteiger partial charge >= 0.3 is 0 Å². The first-order chi connectivity index (χ1) is 9.56. The van der Waals surface area contributed by atoms with Crippen LogP contribution in [0.25, 0.3) is 0 Å². The van der Waals surface area contributed by atoms with Crippen molar-refractivity contribution in [1.29, 1.82) is 0 Å². The van der Waals surface area contributed by atoms with E-state index in [9.17, 15) is 0 Å². The molecule has 2 N–H and O–H groups in total. The highest BCUT2D eigenvalue weighted by atomic mass is 32.1. The fourth-order valence-electron chi connectivity index (χ4n) is 2.04. The minimum atomic E-state index is 0.142. The van der Waals surface area contributed by atoms with Crippen LogP contribution in [0.4, 0.5) is 5.69 Å². The molecule has 1 unspecified atom stereocenters. The Morgan fingerprint density at radius 2 is 1.85 bits per heavy atom. The van der Waals surface area contributed by atoms with Crippen LogP contribution < -0.4 is 10.6 Å². The first kappa shape index (κ1) is 14.5. The fraction of sp³-hybridized carbons (Fsp3) is 0.250. The molecule has 1 atom stereocenters. The van der Waals surface area contributed by atoms with Gasteiger partial charge in [0.05, 0.1) is 6.04 Å². The van der Waals surface area contributed by atoms with Crippen LogP contribution in [0.1, 0.15) is 29.7 Å². The van der Waals surface area contributed by atoms with Crippen molar-refractivity contribution in [3.05, 3.63) is 59.4 Å². The maximum atomic E-state index is 5.37. The molecule has 3 nitrogen and oxygen atoms in total. The van der Waals surface area contributed by atoms with Crippen LogP contribution in [0.3, 0.4) is 0 Å². The van der Waals surface area contributed by atoms with E-state index in [4.69, 9.17) is 12.2 Å². The predicted octanol–water partition coefficient (Wildman–Crippen LogP) is 3.75. The molecule has 2 aromatic rings. The number of hydrogen-bond donors (Lipinski definition) is 2. The lowest BCUT2D eigenvalue weighted by molar-refractivity contribution is 0.721. The van der Waals surface area contributed by atoms with Crippen molar-refractivity contribution >= 4 is 23.0 Å². The van der Waals surface area contributed by atoms with Gasteiger partial charge in [0.25, 0.3) is 0 Å². The summed E-state index contributed by atoms with van der Waals surface area (Å²) >= 11 is 5.37. The highest BCUT2D eigenvalue weighted by Gasteiger charge is 2.07. The fourth-order valence-corrected chi connectivity index (χ4v) is 2.33. The largest absolute Gasteiger partial charge is 0.356 e. The standard InChI is InChI=1S/C16H19N3S/c1-11-4-5-15(12(2)10-11)19-16(20)18-13(3)14-6-8-17-9-7-14/h4-10,13H,1-3H3,(H2,18,19,20). The van der Waals surface area contributed by atoms with Gasteiger partial charge in [0.1, 0.15) is 0 Å². The summed E-state index contributed by atoms with van der Waals surface area (Å²) in [6, 6.07) is 10.4. The molecule has 0 saturated carbocycles. The van der Waals surface area contributed by atoms with Crippen LogP contribution >= 0.6 is 12.2 Å². The Morgan fingerprint density at radius 3 is 2.50 bits per heavy atom. The molecule has 0 spiro atoms. The minimum absolute atomic E-state index is 0.142. The molecule has 20 heavy (non-hydrogen) atoms. The zero-order valence-electron chi connectivity index (χ0n) is 12.0. The third-order valence-electron chi connectivity index (χ3n) is 3.18. The third kappa shape index (κ3) is 3.78. The van der Waals surface area contributed by atoms with Crippen LogP contribution in [-0.2, 0) is 0 Å². The Hall–Kier alpha value is -1.94. The summed E-state index contributed by atoms with van der Waals surface area (Å²) in [5.74, 6) is 0. The van der Waals surface area contributed by atoms with Crippen LogP contribution in [0.15, 0.2) is 42.7 Å². The zero-order valence-corrected chi connectivity index (χ0v) is 12.8. The summed E-state index contributed by atoms with van der Waals surface area (Å²) < 4.78 is 0. The first-order valence-corrected chi connectivity index (χ1v) is 7.02.